The van der Waals surface area contributed by atoms with Gasteiger partial charge in [0.05, 0.1) is 49.0 Å². The summed E-state index contributed by atoms with van der Waals surface area (Å²) in [4.78, 5) is 13.1. The second-order valence-electron chi connectivity index (χ2n) is 9.00. The summed E-state index contributed by atoms with van der Waals surface area (Å²) in [6.07, 6.45) is 1.38. The fourth-order valence-electron chi connectivity index (χ4n) is 4.32. The van der Waals surface area contributed by atoms with Crippen LogP contribution in [0.15, 0.2) is 52.5 Å². The van der Waals surface area contributed by atoms with Gasteiger partial charge in [0.15, 0.2) is 11.5 Å². The van der Waals surface area contributed by atoms with Crippen LogP contribution in [0.4, 0.5) is 0 Å². The number of sulfonamides is 1. The Morgan fingerprint density at radius 2 is 1.52 bits per heavy atom. The van der Waals surface area contributed by atoms with Crippen molar-refractivity contribution in [1.82, 2.24) is 9.73 Å². The third-order valence-corrected chi connectivity index (χ3v) is 8.79. The third kappa shape index (κ3) is 7.25. The van der Waals surface area contributed by atoms with Crippen LogP contribution < -0.4 is 19.6 Å². The number of nitrogens with one attached hydrogen (secondary N) is 1. The van der Waals surface area contributed by atoms with Gasteiger partial charge in [0.25, 0.3) is 5.91 Å². The summed E-state index contributed by atoms with van der Waals surface area (Å²) < 4.78 is 44.8. The van der Waals surface area contributed by atoms with E-state index in [0.717, 1.165) is 9.87 Å². The molecule has 40 heavy (non-hydrogen) atoms. The van der Waals surface area contributed by atoms with Crippen LogP contribution in [0.2, 0.25) is 10.0 Å². The molecule has 1 amide bonds. The number of nitrogens with zero attached hydrogens (tertiary/aromatic N) is 2. The van der Waals surface area contributed by atoms with Crippen molar-refractivity contribution in [3.05, 3.63) is 80.3 Å². The molecule has 0 aromatic heterocycles. The Morgan fingerprint density at radius 3 is 2.05 bits per heavy atom. The number of hydrogen-bond acceptors (Lipinski definition) is 7. The van der Waals surface area contributed by atoms with Crippen LogP contribution >= 0.6 is 23.2 Å². The SMILES string of the molecule is COc1cc(/C=N/NC(=O)CN(Cc2ccc(Cl)c(Cl)c2)S(=O)(=O)c2c(C)cc(C)cc2C)cc(OC)c1OC. The molecule has 0 fully saturated rings. The van der Waals surface area contributed by atoms with Crippen LogP contribution in [0, 0.1) is 20.8 Å². The van der Waals surface area contributed by atoms with Crippen molar-refractivity contribution < 1.29 is 27.4 Å². The first-order valence-electron chi connectivity index (χ1n) is 12.0. The number of benzene rings is 3. The van der Waals surface area contributed by atoms with Gasteiger partial charge in [0.1, 0.15) is 0 Å². The van der Waals surface area contributed by atoms with Crippen LogP contribution in [0.3, 0.4) is 0 Å². The quantitative estimate of drug-likeness (QED) is 0.234. The molecule has 3 aromatic carbocycles. The van der Waals surface area contributed by atoms with Gasteiger partial charge in [-0.2, -0.15) is 9.41 Å². The van der Waals surface area contributed by atoms with E-state index in [4.69, 9.17) is 37.4 Å². The maximum absolute atomic E-state index is 13.9. The summed E-state index contributed by atoms with van der Waals surface area (Å²) in [7, 11) is 0.364. The smallest absolute Gasteiger partial charge is 0.255 e. The van der Waals surface area contributed by atoms with E-state index in [2.05, 4.69) is 10.5 Å². The topological polar surface area (TPSA) is 107 Å². The molecule has 0 aliphatic carbocycles. The Hall–Kier alpha value is -3.31. The van der Waals surface area contributed by atoms with Gasteiger partial charge in [-0.05, 0) is 61.7 Å². The van der Waals surface area contributed by atoms with Crippen LogP contribution in [0.25, 0.3) is 0 Å². The average molecular weight is 609 g/mol. The normalized spacial score (nSPS) is 11.6. The molecule has 0 spiro atoms. The summed E-state index contributed by atoms with van der Waals surface area (Å²) in [6, 6.07) is 11.7. The molecule has 0 bridgehead atoms. The largest absolute Gasteiger partial charge is 0.493 e. The highest BCUT2D eigenvalue weighted by Crippen LogP contribution is 2.37. The van der Waals surface area contributed by atoms with E-state index in [1.165, 1.54) is 27.5 Å². The number of rotatable bonds is 11. The molecule has 0 radical (unpaired) electrons. The van der Waals surface area contributed by atoms with E-state index in [-0.39, 0.29) is 16.5 Å². The van der Waals surface area contributed by atoms with Gasteiger partial charge < -0.3 is 14.2 Å². The Morgan fingerprint density at radius 1 is 0.925 bits per heavy atom. The minimum atomic E-state index is -4.10. The van der Waals surface area contributed by atoms with Crippen molar-refractivity contribution in [3.63, 3.8) is 0 Å². The number of carbonyl (C=O) groups excluding carboxylic acids is 1. The number of amides is 1. The summed E-state index contributed by atoms with van der Waals surface area (Å²) in [6.45, 7) is 4.74. The van der Waals surface area contributed by atoms with E-state index >= 15 is 0 Å². The van der Waals surface area contributed by atoms with Gasteiger partial charge in [0, 0.05) is 12.1 Å². The molecule has 0 saturated carbocycles. The second kappa shape index (κ2) is 13.4. The Labute approximate surface area is 244 Å². The van der Waals surface area contributed by atoms with E-state index in [9.17, 15) is 13.2 Å². The second-order valence-corrected chi connectivity index (χ2v) is 11.7. The maximum atomic E-state index is 13.9. The number of hydrazone groups is 1. The van der Waals surface area contributed by atoms with Gasteiger partial charge >= 0.3 is 0 Å². The van der Waals surface area contributed by atoms with Gasteiger partial charge in [-0.3, -0.25) is 4.79 Å². The molecule has 0 unspecified atom stereocenters. The van der Waals surface area contributed by atoms with E-state index in [1.807, 2.05) is 6.92 Å². The third-order valence-electron chi connectivity index (χ3n) is 5.96. The zero-order valence-corrected chi connectivity index (χ0v) is 25.4. The molecule has 0 aliphatic rings. The Kier molecular flexibility index (Phi) is 10.4. The van der Waals surface area contributed by atoms with Gasteiger partial charge in [0.2, 0.25) is 15.8 Å². The Balaban J connectivity index is 1.90. The first-order valence-corrected chi connectivity index (χ1v) is 14.2. The van der Waals surface area contributed by atoms with Crippen molar-refractivity contribution >= 4 is 45.3 Å². The Bertz CT molecular complexity index is 1490. The number of methoxy groups -OCH3 is 3. The number of aryl methyl sites for hydroxylation is 3. The number of halogens is 2. The average Bonchev–Trinajstić information content (AvgIpc) is 2.88. The van der Waals surface area contributed by atoms with Crippen LogP contribution in [0.1, 0.15) is 27.8 Å². The van der Waals surface area contributed by atoms with Crippen molar-refractivity contribution in [1.29, 1.82) is 0 Å². The van der Waals surface area contributed by atoms with Crippen LogP contribution in [0.5, 0.6) is 17.2 Å². The summed E-state index contributed by atoms with van der Waals surface area (Å²) in [5.41, 5.74) is 5.61. The maximum Gasteiger partial charge on any atom is 0.255 e. The lowest BCUT2D eigenvalue weighted by atomic mass is 10.1. The molecule has 3 aromatic rings. The lowest BCUT2D eigenvalue weighted by Crippen LogP contribution is -2.39. The molecular weight excluding hydrogens is 577 g/mol. The van der Waals surface area contributed by atoms with E-state index in [0.29, 0.717) is 44.5 Å². The molecule has 0 atom stereocenters. The predicted molar refractivity (Wildman–Crippen MR) is 157 cm³/mol. The fraction of sp³-hybridized carbons (Fsp3) is 0.286. The molecule has 0 heterocycles. The van der Waals surface area contributed by atoms with Gasteiger partial charge in [-0.1, -0.05) is 47.0 Å². The highest BCUT2D eigenvalue weighted by atomic mass is 35.5. The molecule has 0 saturated heterocycles. The predicted octanol–water partition coefficient (Wildman–Crippen LogP) is 5.29. The zero-order chi connectivity index (χ0) is 29.6. The van der Waals surface area contributed by atoms with Crippen LogP contribution in [-0.4, -0.2) is 52.7 Å². The van der Waals surface area contributed by atoms with Crippen molar-refractivity contribution in [2.24, 2.45) is 5.10 Å². The fourth-order valence-corrected chi connectivity index (χ4v) is 6.44. The first kappa shape index (κ1) is 31.2. The number of hydrogen-bond donors (Lipinski definition) is 1. The number of carbonyl (C=O) groups is 1. The van der Waals surface area contributed by atoms with E-state index in [1.54, 1.807) is 56.3 Å². The highest BCUT2D eigenvalue weighted by Gasteiger charge is 2.30. The lowest BCUT2D eigenvalue weighted by molar-refractivity contribution is -0.121. The first-order chi connectivity index (χ1) is 18.9. The van der Waals surface area contributed by atoms with Gasteiger partial charge in [-0.25, -0.2) is 13.8 Å². The van der Waals surface area contributed by atoms with Gasteiger partial charge in [-0.15, -0.1) is 0 Å². The monoisotopic (exact) mass is 607 g/mol. The summed E-state index contributed by atoms with van der Waals surface area (Å²) in [5, 5.41) is 4.61. The molecule has 9 nitrogen and oxygen atoms in total. The van der Waals surface area contributed by atoms with Crippen molar-refractivity contribution in [2.75, 3.05) is 27.9 Å². The molecule has 3 rings (SSSR count). The zero-order valence-electron chi connectivity index (χ0n) is 23.0. The number of ether oxygens (including phenoxy) is 3. The van der Waals surface area contributed by atoms with Crippen LogP contribution in [-0.2, 0) is 21.4 Å². The van der Waals surface area contributed by atoms with E-state index < -0.39 is 22.5 Å². The lowest BCUT2D eigenvalue weighted by Gasteiger charge is -2.24. The molecule has 1 N–H and O–H groups in total. The molecule has 214 valence electrons. The summed E-state index contributed by atoms with van der Waals surface area (Å²) in [5.74, 6) is 0.598. The molecular formula is C28H31Cl2N3O6S. The standard InChI is InChI=1S/C28H31Cl2N3O6S/c1-17-9-18(2)28(19(3)10-17)40(35,36)33(15-20-7-8-22(29)23(30)11-20)16-26(34)32-31-14-21-12-24(37-4)27(39-6)25(13-21)38-5/h7-14H,15-16H2,1-6H3,(H,32,34)/b31-14+. The van der Waals surface area contributed by atoms with Crippen molar-refractivity contribution in [2.45, 2.75) is 32.2 Å². The molecule has 12 heteroatoms. The molecule has 0 aliphatic heterocycles. The minimum absolute atomic E-state index is 0.115. The minimum Gasteiger partial charge on any atom is -0.493 e. The summed E-state index contributed by atoms with van der Waals surface area (Å²) >= 11 is 12.2. The highest BCUT2D eigenvalue weighted by molar-refractivity contribution is 7.89. The van der Waals surface area contributed by atoms with Crippen molar-refractivity contribution in [3.8, 4) is 17.2 Å².